The van der Waals surface area contributed by atoms with E-state index in [1.54, 1.807) is 0 Å². The topological polar surface area (TPSA) is 43.7 Å². The largest absolute Gasteiger partial charge is 0.396 e. The molecule has 1 fully saturated rings. The number of likely N-dealkylation sites (N-methyl/N-ethyl adjacent to an activating group) is 1. The third-order valence-electron chi connectivity index (χ3n) is 3.66. The van der Waals surface area contributed by atoms with E-state index in [9.17, 15) is 10.2 Å². The normalized spacial score (nSPS) is 30.5. The molecule has 3 nitrogen and oxygen atoms in total. The quantitative estimate of drug-likeness (QED) is 0.803. The maximum atomic E-state index is 10.2. The first-order valence-electron chi connectivity index (χ1n) is 6.16. The standard InChI is InChI=1S/C14H21NO2/c1-10-3-5-11(6-4-10)14-12(9-16)7-15(2)8-13(14)17/h3-6,12-14,16-17H,7-9H2,1-2H3/t12-,13-,14-/m0/s1. The smallest absolute Gasteiger partial charge is 0.0739 e. The maximum Gasteiger partial charge on any atom is 0.0739 e. The second-order valence-electron chi connectivity index (χ2n) is 5.17. The highest BCUT2D eigenvalue weighted by Crippen LogP contribution is 2.32. The van der Waals surface area contributed by atoms with E-state index in [4.69, 9.17) is 0 Å². The fourth-order valence-corrected chi connectivity index (χ4v) is 2.79. The third-order valence-corrected chi connectivity index (χ3v) is 3.66. The highest BCUT2D eigenvalue weighted by Gasteiger charge is 2.35. The molecule has 0 amide bonds. The maximum absolute atomic E-state index is 10.2. The van der Waals surface area contributed by atoms with Gasteiger partial charge in [0.25, 0.3) is 0 Å². The number of β-amino-alcohol motifs (C(OH)–C–C–N with tert-alkyl or cyclic N) is 1. The number of aliphatic hydroxyl groups excluding tert-OH is 2. The second-order valence-corrected chi connectivity index (χ2v) is 5.17. The van der Waals surface area contributed by atoms with Gasteiger partial charge in [0.2, 0.25) is 0 Å². The summed E-state index contributed by atoms with van der Waals surface area (Å²) in [5, 5.41) is 19.7. The number of aliphatic hydroxyl groups is 2. The van der Waals surface area contributed by atoms with Crippen molar-refractivity contribution in [1.29, 1.82) is 0 Å². The van der Waals surface area contributed by atoms with Gasteiger partial charge in [-0.15, -0.1) is 0 Å². The van der Waals surface area contributed by atoms with E-state index in [0.29, 0.717) is 6.54 Å². The highest BCUT2D eigenvalue weighted by atomic mass is 16.3. The van der Waals surface area contributed by atoms with E-state index in [0.717, 1.165) is 12.1 Å². The van der Waals surface area contributed by atoms with E-state index in [1.807, 2.05) is 7.05 Å². The van der Waals surface area contributed by atoms with E-state index >= 15 is 0 Å². The molecule has 0 aromatic heterocycles. The van der Waals surface area contributed by atoms with Gasteiger partial charge in [0.1, 0.15) is 0 Å². The Bertz CT molecular complexity index is 363. The van der Waals surface area contributed by atoms with Crippen LogP contribution in [0.3, 0.4) is 0 Å². The van der Waals surface area contributed by atoms with Gasteiger partial charge in [0, 0.05) is 31.5 Å². The Morgan fingerprint density at radius 3 is 2.47 bits per heavy atom. The number of likely N-dealkylation sites (tertiary alicyclic amines) is 1. The van der Waals surface area contributed by atoms with Crippen molar-refractivity contribution in [2.45, 2.75) is 18.9 Å². The summed E-state index contributed by atoms with van der Waals surface area (Å²) in [6.07, 6.45) is -0.395. The van der Waals surface area contributed by atoms with Crippen molar-refractivity contribution in [3.63, 3.8) is 0 Å². The summed E-state index contributed by atoms with van der Waals surface area (Å²) >= 11 is 0. The van der Waals surface area contributed by atoms with Crippen LogP contribution in [0.5, 0.6) is 0 Å². The lowest BCUT2D eigenvalue weighted by Crippen LogP contribution is -2.47. The number of hydrogen-bond donors (Lipinski definition) is 2. The molecule has 1 heterocycles. The van der Waals surface area contributed by atoms with Crippen LogP contribution < -0.4 is 0 Å². The van der Waals surface area contributed by atoms with Crippen molar-refractivity contribution in [3.05, 3.63) is 35.4 Å². The van der Waals surface area contributed by atoms with Crippen molar-refractivity contribution in [2.75, 3.05) is 26.7 Å². The van der Waals surface area contributed by atoms with Crippen LogP contribution >= 0.6 is 0 Å². The van der Waals surface area contributed by atoms with Crippen LogP contribution in [0, 0.1) is 12.8 Å². The summed E-state index contributed by atoms with van der Waals surface area (Å²) in [5.74, 6) is 0.170. The first kappa shape index (κ1) is 12.6. The Hall–Kier alpha value is -0.900. The van der Waals surface area contributed by atoms with Crippen LogP contribution in [-0.2, 0) is 0 Å². The molecule has 1 aliphatic rings. The fraction of sp³-hybridized carbons (Fsp3) is 0.571. The molecule has 0 bridgehead atoms. The minimum Gasteiger partial charge on any atom is -0.396 e. The molecule has 3 heteroatoms. The molecule has 1 aromatic rings. The number of nitrogens with zero attached hydrogens (tertiary/aromatic N) is 1. The van der Waals surface area contributed by atoms with Crippen LogP contribution in [0.25, 0.3) is 0 Å². The van der Waals surface area contributed by atoms with E-state index in [1.165, 1.54) is 5.56 Å². The average Bonchev–Trinajstić information content (AvgIpc) is 2.30. The Balaban J connectivity index is 2.24. The molecule has 17 heavy (non-hydrogen) atoms. The zero-order valence-electron chi connectivity index (χ0n) is 10.5. The van der Waals surface area contributed by atoms with Crippen molar-refractivity contribution in [1.82, 2.24) is 4.90 Å². The molecule has 0 radical (unpaired) electrons. The molecule has 2 N–H and O–H groups in total. The molecule has 0 unspecified atom stereocenters. The lowest BCUT2D eigenvalue weighted by atomic mass is 9.79. The number of benzene rings is 1. The molecule has 0 spiro atoms. The van der Waals surface area contributed by atoms with E-state index in [2.05, 4.69) is 36.1 Å². The van der Waals surface area contributed by atoms with Crippen LogP contribution in [0.2, 0.25) is 0 Å². The molecule has 2 rings (SSSR count). The van der Waals surface area contributed by atoms with Crippen molar-refractivity contribution in [3.8, 4) is 0 Å². The van der Waals surface area contributed by atoms with Gasteiger partial charge in [-0.05, 0) is 19.5 Å². The Labute approximate surface area is 103 Å². The van der Waals surface area contributed by atoms with Crippen molar-refractivity contribution < 1.29 is 10.2 Å². The zero-order chi connectivity index (χ0) is 12.4. The van der Waals surface area contributed by atoms with Gasteiger partial charge >= 0.3 is 0 Å². The fourth-order valence-electron chi connectivity index (χ4n) is 2.79. The average molecular weight is 235 g/mol. The van der Waals surface area contributed by atoms with E-state index < -0.39 is 6.10 Å². The first-order valence-corrected chi connectivity index (χ1v) is 6.16. The second kappa shape index (κ2) is 5.17. The van der Waals surface area contributed by atoms with Crippen molar-refractivity contribution >= 4 is 0 Å². The van der Waals surface area contributed by atoms with Gasteiger partial charge in [0.05, 0.1) is 6.10 Å². The summed E-state index contributed by atoms with van der Waals surface area (Å²) in [6, 6.07) is 8.26. The van der Waals surface area contributed by atoms with Gasteiger partial charge in [-0.2, -0.15) is 0 Å². The molecule has 1 aliphatic heterocycles. The molecule has 1 aromatic carbocycles. The van der Waals surface area contributed by atoms with Gasteiger partial charge in [-0.1, -0.05) is 29.8 Å². The zero-order valence-corrected chi connectivity index (χ0v) is 10.5. The summed E-state index contributed by atoms with van der Waals surface area (Å²) < 4.78 is 0. The Morgan fingerprint density at radius 1 is 1.24 bits per heavy atom. The summed E-state index contributed by atoms with van der Waals surface area (Å²) in [5.41, 5.74) is 2.35. The number of aryl methyl sites for hydroxylation is 1. The number of hydrogen-bond acceptors (Lipinski definition) is 3. The molecule has 0 aliphatic carbocycles. The molecule has 0 saturated carbocycles. The monoisotopic (exact) mass is 235 g/mol. The highest BCUT2D eigenvalue weighted by molar-refractivity contribution is 5.26. The molecular weight excluding hydrogens is 214 g/mol. The SMILES string of the molecule is Cc1ccc([C@H]2[C@H](CO)CN(C)C[C@@H]2O)cc1. The number of piperidine rings is 1. The third kappa shape index (κ3) is 2.68. The lowest BCUT2D eigenvalue weighted by molar-refractivity contribution is 0.0102. The van der Waals surface area contributed by atoms with Crippen LogP contribution in [0.15, 0.2) is 24.3 Å². The summed E-state index contributed by atoms with van der Waals surface area (Å²) in [7, 11) is 1.98. The minimum atomic E-state index is -0.395. The summed E-state index contributed by atoms with van der Waals surface area (Å²) in [6.45, 7) is 3.69. The van der Waals surface area contributed by atoms with Gasteiger partial charge < -0.3 is 15.1 Å². The summed E-state index contributed by atoms with van der Waals surface area (Å²) in [4.78, 5) is 2.08. The predicted molar refractivity (Wildman–Crippen MR) is 68.0 cm³/mol. The Kier molecular flexibility index (Phi) is 3.82. The minimum absolute atomic E-state index is 0.0526. The van der Waals surface area contributed by atoms with Gasteiger partial charge in [-0.25, -0.2) is 0 Å². The van der Waals surface area contributed by atoms with Crippen LogP contribution in [0.4, 0.5) is 0 Å². The molecule has 3 atom stereocenters. The van der Waals surface area contributed by atoms with Gasteiger partial charge in [-0.3, -0.25) is 0 Å². The lowest BCUT2D eigenvalue weighted by Gasteiger charge is -2.39. The molecular formula is C14H21NO2. The first-order chi connectivity index (χ1) is 8.11. The van der Waals surface area contributed by atoms with Crippen LogP contribution in [0.1, 0.15) is 17.0 Å². The van der Waals surface area contributed by atoms with Crippen LogP contribution in [-0.4, -0.2) is 48.0 Å². The van der Waals surface area contributed by atoms with E-state index in [-0.39, 0.29) is 18.4 Å². The molecule has 1 saturated heterocycles. The van der Waals surface area contributed by atoms with Crippen molar-refractivity contribution in [2.24, 2.45) is 5.92 Å². The van der Waals surface area contributed by atoms with Gasteiger partial charge in [0.15, 0.2) is 0 Å². The molecule has 94 valence electrons. The predicted octanol–water partition coefficient (Wildman–Crippen LogP) is 0.993. The number of rotatable bonds is 2. The Morgan fingerprint density at radius 2 is 1.88 bits per heavy atom.